The second-order valence-electron chi connectivity index (χ2n) is 14.1. The number of hydrogen-bond donors (Lipinski definition) is 2. The van der Waals surface area contributed by atoms with Gasteiger partial charge in [-0.25, -0.2) is 4.98 Å². The largest absolute Gasteiger partial charge is 0.368 e. The maximum atomic E-state index is 14.7. The zero-order valence-electron chi connectivity index (χ0n) is 27.5. The second kappa shape index (κ2) is 11.9. The summed E-state index contributed by atoms with van der Waals surface area (Å²) in [6, 6.07) is 5.80. The minimum atomic E-state index is -3.14. The van der Waals surface area contributed by atoms with Crippen LogP contribution in [0.25, 0.3) is 17.0 Å². The van der Waals surface area contributed by atoms with Gasteiger partial charge in [0, 0.05) is 74.8 Å². The number of piperazine rings is 1. The lowest BCUT2D eigenvalue weighted by Gasteiger charge is -2.39. The molecule has 47 heavy (non-hydrogen) atoms. The monoisotopic (exact) mass is 646 g/mol. The number of nitrogens with zero attached hydrogens (tertiary/aromatic N) is 6. The first-order valence-corrected chi connectivity index (χ1v) is 16.8. The van der Waals surface area contributed by atoms with Crippen molar-refractivity contribution in [3.05, 3.63) is 59.8 Å². The third kappa shape index (κ3) is 6.08. The van der Waals surface area contributed by atoms with Crippen molar-refractivity contribution in [3.63, 3.8) is 0 Å². The van der Waals surface area contributed by atoms with Crippen LogP contribution < -0.4 is 10.6 Å². The van der Waals surface area contributed by atoms with E-state index in [1.165, 1.54) is 19.0 Å². The van der Waals surface area contributed by atoms with Crippen molar-refractivity contribution in [3.8, 4) is 11.3 Å². The van der Waals surface area contributed by atoms with Crippen molar-refractivity contribution >= 4 is 23.2 Å². The number of halogens is 2. The molecular weight excluding hydrogens is 602 g/mol. The van der Waals surface area contributed by atoms with Gasteiger partial charge in [0.05, 0.1) is 17.9 Å². The van der Waals surface area contributed by atoms with Crippen LogP contribution >= 0.6 is 0 Å². The molecule has 2 N–H and O–H groups in total. The van der Waals surface area contributed by atoms with Gasteiger partial charge in [0.15, 0.2) is 5.82 Å². The van der Waals surface area contributed by atoms with E-state index < -0.39 is 11.8 Å². The number of benzene rings is 1. The molecule has 1 spiro atoms. The molecule has 4 fully saturated rings. The Morgan fingerprint density at radius 1 is 1.09 bits per heavy atom. The Morgan fingerprint density at radius 2 is 1.77 bits per heavy atom. The van der Waals surface area contributed by atoms with Crippen LogP contribution in [0.15, 0.2) is 37.2 Å². The van der Waals surface area contributed by atoms with Crippen molar-refractivity contribution in [2.45, 2.75) is 64.3 Å². The number of alkyl halides is 2. The minimum absolute atomic E-state index is 0.113. The molecule has 2 amide bonds. The lowest BCUT2D eigenvalue weighted by atomic mass is 9.77. The van der Waals surface area contributed by atoms with E-state index in [9.17, 15) is 18.4 Å². The summed E-state index contributed by atoms with van der Waals surface area (Å²) in [6.07, 6.45) is 9.34. The fraction of sp³-hybridized carbons (Fsp3) is 0.543. The molecule has 4 heterocycles. The summed E-state index contributed by atoms with van der Waals surface area (Å²) >= 11 is 0. The molecule has 12 heteroatoms. The number of hydrogen-bond acceptors (Lipinski definition) is 6. The van der Waals surface area contributed by atoms with Gasteiger partial charge >= 0.3 is 0 Å². The molecule has 10 nitrogen and oxygen atoms in total. The Balaban J connectivity index is 1.00. The summed E-state index contributed by atoms with van der Waals surface area (Å²) in [5.74, 6) is -3.08. The predicted octanol–water partition coefficient (Wildman–Crippen LogP) is 5.19. The van der Waals surface area contributed by atoms with E-state index in [1.807, 2.05) is 30.0 Å². The van der Waals surface area contributed by atoms with Crippen molar-refractivity contribution in [1.29, 1.82) is 0 Å². The average Bonchev–Trinajstić information content (AvgIpc) is 3.57. The van der Waals surface area contributed by atoms with Crippen molar-refractivity contribution < 1.29 is 18.4 Å². The number of amides is 2. The lowest BCUT2D eigenvalue weighted by Crippen LogP contribution is -2.50. The van der Waals surface area contributed by atoms with Crippen LogP contribution in [0, 0.1) is 18.3 Å². The Kier molecular flexibility index (Phi) is 7.97. The van der Waals surface area contributed by atoms with Crippen molar-refractivity contribution in [2.24, 2.45) is 18.4 Å². The van der Waals surface area contributed by atoms with Crippen LogP contribution in [-0.2, 0) is 17.8 Å². The topological polar surface area (TPSA) is 100 Å². The molecule has 0 atom stereocenters. The first-order valence-electron chi connectivity index (χ1n) is 16.8. The summed E-state index contributed by atoms with van der Waals surface area (Å²) in [5, 5.41) is 10.6. The molecule has 2 saturated carbocycles. The highest BCUT2D eigenvalue weighted by Gasteiger charge is 2.54. The molecule has 1 aromatic carbocycles. The normalized spacial score (nSPS) is 19.9. The molecule has 2 aliphatic heterocycles. The third-order valence-corrected chi connectivity index (χ3v) is 10.7. The van der Waals surface area contributed by atoms with Gasteiger partial charge in [0.25, 0.3) is 11.8 Å². The van der Waals surface area contributed by atoms with E-state index in [0.29, 0.717) is 35.4 Å². The maximum absolute atomic E-state index is 14.7. The van der Waals surface area contributed by atoms with Crippen LogP contribution in [0.1, 0.15) is 78.9 Å². The standard InChI is InChI=1S/C35H44F2N8O2/c1-22-17-25(5-6-27(22)23(2)43-13-15-44(16-14-43)33(47)24-7-11-38-12-8-24)40-32(46)31-39-20-29(42(31)4)28-21-45(41-30(28)34(3,36)37)26-18-35(19-26)9-10-35/h5-6,17,20-21,24,26,38H,2,7-16,18-19H2,1,3-4H3,(H,40,46). The zero-order chi connectivity index (χ0) is 33.1. The number of piperidine rings is 1. The number of anilines is 1. The number of imidazole rings is 1. The van der Waals surface area contributed by atoms with E-state index in [-0.39, 0.29) is 29.4 Å². The van der Waals surface area contributed by atoms with E-state index in [0.717, 1.165) is 75.6 Å². The molecule has 3 aromatic rings. The highest BCUT2D eigenvalue weighted by Crippen LogP contribution is 2.64. The fourth-order valence-corrected chi connectivity index (χ4v) is 7.62. The number of carbonyl (C=O) groups is 2. The third-order valence-electron chi connectivity index (χ3n) is 10.7. The number of nitrogens with one attached hydrogen (secondary N) is 2. The predicted molar refractivity (Wildman–Crippen MR) is 176 cm³/mol. The average molecular weight is 647 g/mol. The Bertz CT molecular complexity index is 1700. The van der Waals surface area contributed by atoms with Gasteiger partial charge in [-0.3, -0.25) is 14.3 Å². The second-order valence-corrected chi connectivity index (χ2v) is 14.1. The van der Waals surface area contributed by atoms with Crippen LogP contribution in [0.5, 0.6) is 0 Å². The van der Waals surface area contributed by atoms with Gasteiger partial charge in [0.2, 0.25) is 5.91 Å². The van der Waals surface area contributed by atoms with Crippen LogP contribution in [-0.4, -0.2) is 80.2 Å². The smallest absolute Gasteiger partial charge is 0.291 e. The highest BCUT2D eigenvalue weighted by atomic mass is 19.3. The molecule has 2 aromatic heterocycles. The first kappa shape index (κ1) is 31.5. The van der Waals surface area contributed by atoms with Crippen LogP contribution in [0.3, 0.4) is 0 Å². The number of rotatable bonds is 8. The van der Waals surface area contributed by atoms with E-state index >= 15 is 0 Å². The summed E-state index contributed by atoms with van der Waals surface area (Å²) in [5.41, 5.74) is 4.23. The van der Waals surface area contributed by atoms with Gasteiger partial charge in [0.1, 0.15) is 5.69 Å². The molecule has 250 valence electrons. The zero-order valence-corrected chi connectivity index (χ0v) is 27.5. The van der Waals surface area contributed by atoms with Crippen molar-refractivity contribution in [1.82, 2.24) is 34.4 Å². The quantitative estimate of drug-likeness (QED) is 0.350. The molecule has 2 aliphatic carbocycles. The molecule has 7 rings (SSSR count). The summed E-state index contributed by atoms with van der Waals surface area (Å²) < 4.78 is 32.6. The van der Waals surface area contributed by atoms with Crippen LogP contribution in [0.2, 0.25) is 0 Å². The molecule has 0 radical (unpaired) electrons. The Hall–Kier alpha value is -4.06. The SMILES string of the molecule is C=C(c1ccc(NC(=O)c2ncc(-c3cn(C4CC5(CC5)C4)nc3C(C)(F)F)n2C)cc1C)N1CCN(C(=O)C2CCNCC2)CC1. The molecule has 2 saturated heterocycles. The first-order chi connectivity index (χ1) is 22.4. The van der Waals surface area contributed by atoms with Crippen LogP contribution in [0.4, 0.5) is 14.5 Å². The number of aromatic nitrogens is 4. The molecule has 0 unspecified atom stereocenters. The molecule has 4 aliphatic rings. The fourth-order valence-electron chi connectivity index (χ4n) is 7.62. The molecule has 0 bridgehead atoms. The summed E-state index contributed by atoms with van der Waals surface area (Å²) in [6.45, 7) is 11.8. The van der Waals surface area contributed by atoms with Gasteiger partial charge in [-0.1, -0.05) is 12.6 Å². The summed E-state index contributed by atoms with van der Waals surface area (Å²) in [4.78, 5) is 34.9. The Morgan fingerprint density at radius 3 is 2.40 bits per heavy atom. The van der Waals surface area contributed by atoms with Gasteiger partial charge in [-0.15, -0.1) is 0 Å². The van der Waals surface area contributed by atoms with E-state index in [2.05, 4.69) is 32.2 Å². The lowest BCUT2D eigenvalue weighted by molar-refractivity contribution is -0.137. The number of carbonyl (C=O) groups excluding carboxylic acids is 2. The minimum Gasteiger partial charge on any atom is -0.368 e. The Labute approximate surface area is 274 Å². The summed E-state index contributed by atoms with van der Waals surface area (Å²) in [7, 11) is 1.66. The maximum Gasteiger partial charge on any atom is 0.291 e. The van der Waals surface area contributed by atoms with Gasteiger partial charge < -0.3 is 25.0 Å². The number of aryl methyl sites for hydroxylation is 1. The van der Waals surface area contributed by atoms with E-state index in [4.69, 9.17) is 0 Å². The van der Waals surface area contributed by atoms with E-state index in [1.54, 1.807) is 22.5 Å². The van der Waals surface area contributed by atoms with Gasteiger partial charge in [-0.2, -0.15) is 13.9 Å². The highest BCUT2D eigenvalue weighted by molar-refractivity contribution is 6.02. The van der Waals surface area contributed by atoms with Gasteiger partial charge in [-0.05, 0) is 81.6 Å². The molecular formula is C35H44F2N8O2. The van der Waals surface area contributed by atoms with Crippen molar-refractivity contribution in [2.75, 3.05) is 44.6 Å².